The van der Waals surface area contributed by atoms with Gasteiger partial charge in [-0.05, 0) is 43.6 Å². The zero-order chi connectivity index (χ0) is 14.5. The van der Waals surface area contributed by atoms with Crippen molar-refractivity contribution in [1.82, 2.24) is 0 Å². The summed E-state index contributed by atoms with van der Waals surface area (Å²) in [6.45, 7) is 12.1. The van der Waals surface area contributed by atoms with E-state index in [1.807, 2.05) is 0 Å². The molecule has 106 valence electrons. The number of carbonyl (C=O) groups is 1. The van der Waals surface area contributed by atoms with Gasteiger partial charge in [-0.3, -0.25) is 4.79 Å². The first-order chi connectivity index (χ1) is 8.80. The van der Waals surface area contributed by atoms with Crippen LogP contribution in [-0.4, -0.2) is 12.1 Å². The first kappa shape index (κ1) is 15.7. The van der Waals surface area contributed by atoms with E-state index in [2.05, 4.69) is 45.6 Å². The second-order valence-electron chi connectivity index (χ2n) is 6.14. The van der Waals surface area contributed by atoms with Crippen LogP contribution in [0.5, 0.6) is 0 Å². The van der Waals surface area contributed by atoms with Gasteiger partial charge >= 0.3 is 5.97 Å². The Morgan fingerprint density at radius 3 is 2.79 bits per heavy atom. The van der Waals surface area contributed by atoms with Gasteiger partial charge in [-0.15, -0.1) is 0 Å². The summed E-state index contributed by atoms with van der Waals surface area (Å²) in [5.41, 5.74) is 2.40. The second-order valence-corrected chi connectivity index (χ2v) is 6.14. The van der Waals surface area contributed by atoms with Crippen LogP contribution in [0.15, 0.2) is 36.0 Å². The zero-order valence-corrected chi connectivity index (χ0v) is 12.7. The molecule has 0 amide bonds. The highest BCUT2D eigenvalue weighted by atomic mass is 16.5. The normalized spacial score (nSPS) is 24.3. The van der Waals surface area contributed by atoms with Crippen LogP contribution in [0.25, 0.3) is 0 Å². The first-order valence-electron chi connectivity index (χ1n) is 6.98. The molecule has 2 heteroatoms. The molecule has 0 aromatic rings. The van der Waals surface area contributed by atoms with Crippen molar-refractivity contribution in [3.63, 3.8) is 0 Å². The van der Waals surface area contributed by atoms with Crippen molar-refractivity contribution in [2.75, 3.05) is 0 Å². The van der Waals surface area contributed by atoms with E-state index in [0.717, 1.165) is 31.3 Å². The predicted molar refractivity (Wildman–Crippen MR) is 79.8 cm³/mol. The van der Waals surface area contributed by atoms with Crippen molar-refractivity contribution < 1.29 is 9.53 Å². The molecule has 0 radical (unpaired) electrons. The van der Waals surface area contributed by atoms with Gasteiger partial charge in [0.1, 0.15) is 6.10 Å². The molecule has 0 heterocycles. The maximum absolute atomic E-state index is 11.2. The second kappa shape index (κ2) is 6.74. The van der Waals surface area contributed by atoms with Gasteiger partial charge < -0.3 is 4.74 Å². The third-order valence-electron chi connectivity index (χ3n) is 3.44. The van der Waals surface area contributed by atoms with E-state index in [0.29, 0.717) is 0 Å². The Labute approximate surface area is 117 Å². The molecule has 1 aliphatic rings. The highest BCUT2D eigenvalue weighted by Crippen LogP contribution is 2.30. The molecule has 0 aliphatic heterocycles. The molecule has 0 saturated heterocycles. The van der Waals surface area contributed by atoms with Crippen LogP contribution < -0.4 is 0 Å². The van der Waals surface area contributed by atoms with Crippen molar-refractivity contribution in [2.24, 2.45) is 5.41 Å². The molecule has 1 rings (SSSR count). The van der Waals surface area contributed by atoms with Crippen LogP contribution >= 0.6 is 0 Å². The summed E-state index contributed by atoms with van der Waals surface area (Å²) in [5.74, 6) is -0.229. The smallest absolute Gasteiger partial charge is 0.303 e. The van der Waals surface area contributed by atoms with E-state index in [1.54, 1.807) is 0 Å². The van der Waals surface area contributed by atoms with Crippen LogP contribution in [0.4, 0.5) is 0 Å². The minimum Gasteiger partial charge on any atom is -0.458 e. The van der Waals surface area contributed by atoms with Crippen molar-refractivity contribution in [2.45, 2.75) is 59.5 Å². The van der Waals surface area contributed by atoms with E-state index >= 15 is 0 Å². The lowest BCUT2D eigenvalue weighted by molar-refractivity contribution is -0.145. The van der Waals surface area contributed by atoms with Gasteiger partial charge in [0.05, 0.1) is 0 Å². The molecule has 0 fully saturated rings. The molecule has 2 nitrogen and oxygen atoms in total. The molecular formula is C17H26O2. The van der Waals surface area contributed by atoms with Crippen molar-refractivity contribution in [3.05, 3.63) is 36.0 Å². The standard InChI is InChI=1S/C17H26O2/c1-13-8-6-10-14(2)16(19-15(3)18)12-17(4,5)11-7-9-13/h7-8,11,16H,2,6,9-10,12H2,1,3-5H3. The Morgan fingerprint density at radius 1 is 1.47 bits per heavy atom. The van der Waals surface area contributed by atoms with Gasteiger partial charge in [-0.25, -0.2) is 0 Å². The van der Waals surface area contributed by atoms with Gasteiger partial charge in [0.25, 0.3) is 0 Å². The summed E-state index contributed by atoms with van der Waals surface area (Å²) in [4.78, 5) is 11.2. The number of rotatable bonds is 1. The molecule has 0 aromatic carbocycles. The molecule has 1 aliphatic carbocycles. The Hall–Kier alpha value is -1.31. The molecule has 19 heavy (non-hydrogen) atoms. The molecule has 0 saturated carbocycles. The summed E-state index contributed by atoms with van der Waals surface area (Å²) in [7, 11) is 0. The lowest BCUT2D eigenvalue weighted by atomic mass is 9.83. The topological polar surface area (TPSA) is 26.3 Å². The molecule has 1 unspecified atom stereocenters. The number of hydrogen-bond acceptors (Lipinski definition) is 2. The van der Waals surface area contributed by atoms with Crippen LogP contribution in [0.1, 0.15) is 53.4 Å². The average molecular weight is 262 g/mol. The molecule has 0 spiro atoms. The van der Waals surface area contributed by atoms with Crippen LogP contribution in [0.3, 0.4) is 0 Å². The number of esters is 1. The van der Waals surface area contributed by atoms with Gasteiger partial charge in [0.2, 0.25) is 0 Å². The van der Waals surface area contributed by atoms with E-state index in [4.69, 9.17) is 4.74 Å². The Morgan fingerprint density at radius 2 is 2.16 bits per heavy atom. The Bertz CT molecular complexity index is 399. The number of allylic oxidation sites excluding steroid dienone is 4. The van der Waals surface area contributed by atoms with Crippen LogP contribution in [0, 0.1) is 5.41 Å². The Balaban J connectivity index is 2.92. The number of hydrogen-bond donors (Lipinski definition) is 0. The van der Waals surface area contributed by atoms with E-state index < -0.39 is 0 Å². The SMILES string of the molecule is C=C1CCC=C(C)CC=CC(C)(C)CC1OC(C)=O. The average Bonchev–Trinajstić information content (AvgIpc) is 2.27. The molecule has 0 N–H and O–H groups in total. The zero-order valence-electron chi connectivity index (χ0n) is 12.7. The minimum absolute atomic E-state index is 0.00762. The van der Waals surface area contributed by atoms with E-state index in [1.165, 1.54) is 12.5 Å². The lowest BCUT2D eigenvalue weighted by Crippen LogP contribution is -2.25. The molecule has 0 bridgehead atoms. The quantitative estimate of drug-likeness (QED) is 0.511. The van der Waals surface area contributed by atoms with Gasteiger partial charge in [0, 0.05) is 6.92 Å². The number of carbonyl (C=O) groups excluding carboxylic acids is 1. The predicted octanol–water partition coefficient (Wildman–Crippen LogP) is 4.58. The fourth-order valence-corrected chi connectivity index (χ4v) is 2.33. The third-order valence-corrected chi connectivity index (χ3v) is 3.44. The molecular weight excluding hydrogens is 236 g/mol. The monoisotopic (exact) mass is 262 g/mol. The third kappa shape index (κ3) is 5.91. The van der Waals surface area contributed by atoms with Crippen LogP contribution in [0.2, 0.25) is 0 Å². The van der Waals surface area contributed by atoms with Crippen molar-refractivity contribution in [1.29, 1.82) is 0 Å². The van der Waals surface area contributed by atoms with Gasteiger partial charge in [0.15, 0.2) is 0 Å². The van der Waals surface area contributed by atoms with E-state index in [-0.39, 0.29) is 17.5 Å². The summed E-state index contributed by atoms with van der Waals surface area (Å²) in [5, 5.41) is 0. The van der Waals surface area contributed by atoms with E-state index in [9.17, 15) is 4.79 Å². The lowest BCUT2D eigenvalue weighted by Gasteiger charge is -2.28. The van der Waals surface area contributed by atoms with Gasteiger partial charge in [-0.1, -0.05) is 44.2 Å². The summed E-state index contributed by atoms with van der Waals surface area (Å²) >= 11 is 0. The maximum Gasteiger partial charge on any atom is 0.303 e. The minimum atomic E-state index is -0.229. The largest absolute Gasteiger partial charge is 0.458 e. The fraction of sp³-hybridized carbons (Fsp3) is 0.588. The van der Waals surface area contributed by atoms with Crippen LogP contribution in [-0.2, 0) is 9.53 Å². The summed E-state index contributed by atoms with van der Waals surface area (Å²) < 4.78 is 5.45. The first-order valence-corrected chi connectivity index (χ1v) is 6.98. The summed E-state index contributed by atoms with van der Waals surface area (Å²) in [6, 6.07) is 0. The van der Waals surface area contributed by atoms with Gasteiger partial charge in [-0.2, -0.15) is 0 Å². The van der Waals surface area contributed by atoms with Crippen molar-refractivity contribution >= 4 is 5.97 Å². The summed E-state index contributed by atoms with van der Waals surface area (Å²) in [6.07, 6.45) is 10.1. The maximum atomic E-state index is 11.2. The molecule has 1 atom stereocenters. The number of ether oxygens (including phenoxy) is 1. The fourth-order valence-electron chi connectivity index (χ4n) is 2.33. The molecule has 0 aromatic heterocycles. The van der Waals surface area contributed by atoms with Crippen molar-refractivity contribution in [3.8, 4) is 0 Å². The highest BCUT2D eigenvalue weighted by molar-refractivity contribution is 5.66. The highest BCUT2D eigenvalue weighted by Gasteiger charge is 2.25. The Kier molecular flexibility index (Phi) is 5.59.